The average molecular weight is 295 g/mol. The van der Waals surface area contributed by atoms with Crippen molar-refractivity contribution in [2.75, 3.05) is 21.3 Å². The standard InChI is InChI=1S/C14H15ClN2O3/c1-8-5-13(15)17-14(16-8)9-6-11(19-3)12(20-4)7-10(9)18-2/h5-7H,1-4H3. The van der Waals surface area contributed by atoms with Gasteiger partial charge in [0, 0.05) is 11.8 Å². The maximum atomic E-state index is 5.98. The fraction of sp³-hybridized carbons (Fsp3) is 0.286. The molecule has 106 valence electrons. The summed E-state index contributed by atoms with van der Waals surface area (Å²) in [7, 11) is 4.71. The molecule has 0 saturated carbocycles. The second-order valence-electron chi connectivity index (χ2n) is 4.06. The summed E-state index contributed by atoms with van der Waals surface area (Å²) in [5.74, 6) is 2.22. The fourth-order valence-electron chi connectivity index (χ4n) is 1.85. The minimum Gasteiger partial charge on any atom is -0.496 e. The lowest BCUT2D eigenvalue weighted by molar-refractivity contribution is 0.349. The molecule has 0 unspecified atom stereocenters. The zero-order chi connectivity index (χ0) is 14.7. The van der Waals surface area contributed by atoms with Gasteiger partial charge in [0.25, 0.3) is 0 Å². The summed E-state index contributed by atoms with van der Waals surface area (Å²) in [6.07, 6.45) is 0. The lowest BCUT2D eigenvalue weighted by Crippen LogP contribution is -1.98. The van der Waals surface area contributed by atoms with Crippen molar-refractivity contribution in [2.24, 2.45) is 0 Å². The molecular formula is C14H15ClN2O3. The van der Waals surface area contributed by atoms with Gasteiger partial charge < -0.3 is 14.2 Å². The fourth-order valence-corrected chi connectivity index (χ4v) is 2.09. The molecule has 1 heterocycles. The lowest BCUT2D eigenvalue weighted by Gasteiger charge is -2.13. The van der Waals surface area contributed by atoms with Gasteiger partial charge in [-0.25, -0.2) is 9.97 Å². The predicted octanol–water partition coefficient (Wildman–Crippen LogP) is 3.13. The number of rotatable bonds is 4. The van der Waals surface area contributed by atoms with Crippen LogP contribution in [0.15, 0.2) is 18.2 Å². The molecule has 0 aliphatic heterocycles. The molecule has 2 aromatic rings. The monoisotopic (exact) mass is 294 g/mol. The van der Waals surface area contributed by atoms with Gasteiger partial charge in [0.15, 0.2) is 17.3 Å². The molecule has 0 aliphatic carbocycles. The molecule has 0 atom stereocenters. The van der Waals surface area contributed by atoms with Gasteiger partial charge in [-0.3, -0.25) is 0 Å². The number of nitrogens with zero attached hydrogens (tertiary/aromatic N) is 2. The second-order valence-corrected chi connectivity index (χ2v) is 4.45. The molecule has 5 nitrogen and oxygen atoms in total. The van der Waals surface area contributed by atoms with Crippen LogP contribution in [0.4, 0.5) is 0 Å². The Bertz CT molecular complexity index is 612. The van der Waals surface area contributed by atoms with E-state index in [1.807, 2.05) is 6.92 Å². The largest absolute Gasteiger partial charge is 0.496 e. The summed E-state index contributed by atoms with van der Waals surface area (Å²) in [5.41, 5.74) is 1.47. The van der Waals surface area contributed by atoms with E-state index in [0.717, 1.165) is 5.69 Å². The number of hydrogen-bond donors (Lipinski definition) is 0. The van der Waals surface area contributed by atoms with Gasteiger partial charge in [0.05, 0.1) is 26.9 Å². The van der Waals surface area contributed by atoms with Gasteiger partial charge in [-0.1, -0.05) is 11.6 Å². The van der Waals surface area contributed by atoms with Crippen LogP contribution >= 0.6 is 11.6 Å². The molecule has 6 heteroatoms. The zero-order valence-electron chi connectivity index (χ0n) is 11.7. The van der Waals surface area contributed by atoms with Gasteiger partial charge in [-0.15, -0.1) is 0 Å². The lowest BCUT2D eigenvalue weighted by atomic mass is 10.1. The van der Waals surface area contributed by atoms with Crippen molar-refractivity contribution in [3.05, 3.63) is 29.0 Å². The number of methoxy groups -OCH3 is 3. The highest BCUT2D eigenvalue weighted by Crippen LogP contribution is 2.39. The van der Waals surface area contributed by atoms with Crippen molar-refractivity contribution in [3.8, 4) is 28.6 Å². The normalized spacial score (nSPS) is 10.2. The van der Waals surface area contributed by atoms with Crippen LogP contribution in [0.3, 0.4) is 0 Å². The molecule has 0 radical (unpaired) electrons. The molecule has 0 N–H and O–H groups in total. The summed E-state index contributed by atoms with van der Waals surface area (Å²) in [6.45, 7) is 1.85. The summed E-state index contributed by atoms with van der Waals surface area (Å²) in [5, 5.41) is 0.379. The van der Waals surface area contributed by atoms with E-state index in [2.05, 4.69) is 9.97 Å². The third-order valence-electron chi connectivity index (χ3n) is 2.77. The Morgan fingerprint density at radius 2 is 1.45 bits per heavy atom. The molecule has 0 saturated heterocycles. The third-order valence-corrected chi connectivity index (χ3v) is 2.96. The number of halogens is 1. The second kappa shape index (κ2) is 5.96. The molecule has 0 amide bonds. The Hall–Kier alpha value is -2.01. The highest BCUT2D eigenvalue weighted by atomic mass is 35.5. The van der Waals surface area contributed by atoms with Crippen molar-refractivity contribution >= 4 is 11.6 Å². The first-order valence-electron chi connectivity index (χ1n) is 5.90. The summed E-state index contributed by atoms with van der Waals surface area (Å²) in [4.78, 5) is 8.59. The summed E-state index contributed by atoms with van der Waals surface area (Å²) in [6, 6.07) is 5.19. The van der Waals surface area contributed by atoms with Crippen LogP contribution in [-0.4, -0.2) is 31.3 Å². The van der Waals surface area contributed by atoms with Crippen LogP contribution in [0.1, 0.15) is 5.69 Å². The quantitative estimate of drug-likeness (QED) is 0.811. The average Bonchev–Trinajstić information content (AvgIpc) is 2.44. The third kappa shape index (κ3) is 2.77. The predicted molar refractivity (Wildman–Crippen MR) is 76.9 cm³/mol. The highest BCUT2D eigenvalue weighted by Gasteiger charge is 2.16. The molecule has 0 aliphatic rings. The van der Waals surface area contributed by atoms with Crippen LogP contribution in [0, 0.1) is 6.92 Å². The van der Waals surface area contributed by atoms with Crippen LogP contribution in [0.25, 0.3) is 11.4 Å². The number of benzene rings is 1. The first-order chi connectivity index (χ1) is 9.58. The van der Waals surface area contributed by atoms with Crippen molar-refractivity contribution in [3.63, 3.8) is 0 Å². The van der Waals surface area contributed by atoms with E-state index >= 15 is 0 Å². The molecule has 2 rings (SSSR count). The zero-order valence-corrected chi connectivity index (χ0v) is 12.5. The smallest absolute Gasteiger partial charge is 0.164 e. The van der Waals surface area contributed by atoms with E-state index in [0.29, 0.717) is 33.8 Å². The Balaban J connectivity index is 2.65. The molecule has 0 fully saturated rings. The maximum Gasteiger partial charge on any atom is 0.164 e. The summed E-state index contributed by atoms with van der Waals surface area (Å²) >= 11 is 5.98. The summed E-state index contributed by atoms with van der Waals surface area (Å²) < 4.78 is 15.9. The number of aromatic nitrogens is 2. The number of ether oxygens (including phenoxy) is 3. The Morgan fingerprint density at radius 3 is 2.00 bits per heavy atom. The minimum absolute atomic E-state index is 0.379. The van der Waals surface area contributed by atoms with Crippen molar-refractivity contribution < 1.29 is 14.2 Å². The Labute approximate surface area is 122 Å². The Morgan fingerprint density at radius 1 is 0.850 bits per heavy atom. The van der Waals surface area contributed by atoms with Gasteiger partial charge in [-0.2, -0.15) is 0 Å². The van der Waals surface area contributed by atoms with Crippen LogP contribution in [0.5, 0.6) is 17.2 Å². The van der Waals surface area contributed by atoms with E-state index < -0.39 is 0 Å². The first-order valence-corrected chi connectivity index (χ1v) is 6.28. The van der Waals surface area contributed by atoms with Gasteiger partial charge >= 0.3 is 0 Å². The van der Waals surface area contributed by atoms with Gasteiger partial charge in [-0.05, 0) is 19.1 Å². The molecule has 1 aromatic carbocycles. The Kier molecular flexibility index (Phi) is 4.29. The van der Waals surface area contributed by atoms with E-state index in [1.165, 1.54) is 0 Å². The van der Waals surface area contributed by atoms with Crippen molar-refractivity contribution in [1.82, 2.24) is 9.97 Å². The topological polar surface area (TPSA) is 53.5 Å². The van der Waals surface area contributed by atoms with Crippen LogP contribution < -0.4 is 14.2 Å². The van der Waals surface area contributed by atoms with Gasteiger partial charge in [0.2, 0.25) is 0 Å². The van der Waals surface area contributed by atoms with E-state index in [1.54, 1.807) is 39.5 Å². The maximum absolute atomic E-state index is 5.98. The van der Waals surface area contributed by atoms with E-state index in [-0.39, 0.29) is 0 Å². The van der Waals surface area contributed by atoms with Crippen molar-refractivity contribution in [2.45, 2.75) is 6.92 Å². The van der Waals surface area contributed by atoms with Gasteiger partial charge in [0.1, 0.15) is 10.9 Å². The van der Waals surface area contributed by atoms with Crippen LogP contribution in [-0.2, 0) is 0 Å². The minimum atomic E-state index is 0.379. The molecule has 1 aromatic heterocycles. The molecular weight excluding hydrogens is 280 g/mol. The molecule has 0 bridgehead atoms. The highest BCUT2D eigenvalue weighted by molar-refractivity contribution is 6.29. The van der Waals surface area contributed by atoms with Crippen LogP contribution in [0.2, 0.25) is 5.15 Å². The number of aryl methyl sites for hydroxylation is 1. The number of hydrogen-bond acceptors (Lipinski definition) is 5. The van der Waals surface area contributed by atoms with E-state index in [4.69, 9.17) is 25.8 Å². The van der Waals surface area contributed by atoms with E-state index in [9.17, 15) is 0 Å². The SMILES string of the molecule is COc1cc(OC)c(-c2nc(C)cc(Cl)n2)cc1OC. The van der Waals surface area contributed by atoms with Crippen molar-refractivity contribution in [1.29, 1.82) is 0 Å². The molecule has 20 heavy (non-hydrogen) atoms. The first kappa shape index (κ1) is 14.4. The molecule has 0 spiro atoms.